The van der Waals surface area contributed by atoms with Crippen LogP contribution in [-0.4, -0.2) is 16.7 Å². The number of ketones is 1. The van der Waals surface area contributed by atoms with Gasteiger partial charge in [-0.05, 0) is 23.4 Å². The van der Waals surface area contributed by atoms with Crippen LogP contribution in [0.15, 0.2) is 46.9 Å². The molecule has 0 fully saturated rings. The summed E-state index contributed by atoms with van der Waals surface area (Å²) < 4.78 is 0. The van der Waals surface area contributed by atoms with Gasteiger partial charge < -0.3 is 5.21 Å². The van der Waals surface area contributed by atoms with Crippen LogP contribution in [0.2, 0.25) is 0 Å². The van der Waals surface area contributed by atoms with Crippen molar-refractivity contribution in [2.45, 2.75) is 13.3 Å². The number of nitrogens with zero attached hydrogens (tertiary/aromatic N) is 1. The van der Waals surface area contributed by atoms with E-state index in [0.717, 1.165) is 5.56 Å². The monoisotopic (exact) mass is 259 g/mol. The van der Waals surface area contributed by atoms with Gasteiger partial charge in [0.2, 0.25) is 5.78 Å². The van der Waals surface area contributed by atoms with Gasteiger partial charge in [0.1, 0.15) is 5.71 Å². The molecule has 0 spiro atoms. The third kappa shape index (κ3) is 2.49. The molecule has 0 saturated heterocycles. The highest BCUT2D eigenvalue weighted by molar-refractivity contribution is 7.13. The van der Waals surface area contributed by atoms with E-state index < -0.39 is 0 Å². The van der Waals surface area contributed by atoms with Gasteiger partial charge in [-0.3, -0.25) is 4.79 Å². The Balaban J connectivity index is 2.25. The normalized spacial score (nSPS) is 11.5. The van der Waals surface area contributed by atoms with E-state index in [-0.39, 0.29) is 11.5 Å². The lowest BCUT2D eigenvalue weighted by atomic mass is 10.0. The first-order chi connectivity index (χ1) is 8.76. The maximum absolute atomic E-state index is 11.9. The molecule has 0 radical (unpaired) electrons. The fourth-order valence-corrected chi connectivity index (χ4v) is 2.41. The van der Waals surface area contributed by atoms with Crippen LogP contribution >= 0.6 is 11.3 Å². The van der Waals surface area contributed by atoms with Gasteiger partial charge in [-0.15, -0.1) is 11.3 Å². The number of carbonyl (C=O) groups is 1. The molecule has 0 atom stereocenters. The quantitative estimate of drug-likeness (QED) is 0.392. The molecule has 2 aromatic rings. The number of hydrogen-bond acceptors (Lipinski definition) is 4. The molecule has 0 amide bonds. The van der Waals surface area contributed by atoms with Crippen molar-refractivity contribution in [2.24, 2.45) is 5.16 Å². The molecule has 18 heavy (non-hydrogen) atoms. The van der Waals surface area contributed by atoms with Gasteiger partial charge in [0.25, 0.3) is 0 Å². The van der Waals surface area contributed by atoms with Crippen LogP contribution in [0.25, 0.3) is 10.4 Å². The van der Waals surface area contributed by atoms with Gasteiger partial charge in [0, 0.05) is 10.4 Å². The van der Waals surface area contributed by atoms with Crippen LogP contribution in [0.1, 0.15) is 23.7 Å². The first kappa shape index (κ1) is 12.5. The third-order valence-corrected chi connectivity index (χ3v) is 3.59. The van der Waals surface area contributed by atoms with E-state index in [2.05, 4.69) is 5.16 Å². The molecule has 1 aromatic heterocycles. The van der Waals surface area contributed by atoms with E-state index in [1.54, 1.807) is 30.4 Å². The predicted octanol–water partition coefficient (Wildman–Crippen LogP) is 3.84. The summed E-state index contributed by atoms with van der Waals surface area (Å²) in [6, 6.07) is 11.4. The Morgan fingerprint density at radius 1 is 1.28 bits per heavy atom. The van der Waals surface area contributed by atoms with Crippen molar-refractivity contribution < 1.29 is 10.0 Å². The maximum atomic E-state index is 11.9. The summed E-state index contributed by atoms with van der Waals surface area (Å²) in [5, 5.41) is 13.8. The second kappa shape index (κ2) is 5.60. The van der Waals surface area contributed by atoms with E-state index in [1.165, 1.54) is 4.88 Å². The lowest BCUT2D eigenvalue weighted by Gasteiger charge is -2.02. The van der Waals surface area contributed by atoms with E-state index in [4.69, 9.17) is 5.21 Å². The van der Waals surface area contributed by atoms with Crippen molar-refractivity contribution in [3.63, 3.8) is 0 Å². The highest BCUT2D eigenvalue weighted by atomic mass is 32.1. The average molecular weight is 259 g/mol. The van der Waals surface area contributed by atoms with Crippen LogP contribution in [0.4, 0.5) is 0 Å². The zero-order valence-electron chi connectivity index (χ0n) is 9.96. The first-order valence-electron chi connectivity index (χ1n) is 5.65. The number of oxime groups is 1. The molecule has 1 aromatic carbocycles. The Morgan fingerprint density at radius 2 is 2.00 bits per heavy atom. The van der Waals surface area contributed by atoms with E-state index in [0.29, 0.717) is 12.0 Å². The molecule has 1 heterocycles. The number of carbonyl (C=O) groups excluding carboxylic acids is 1. The van der Waals surface area contributed by atoms with Gasteiger partial charge >= 0.3 is 0 Å². The summed E-state index contributed by atoms with van der Waals surface area (Å²) >= 11 is 1.66. The van der Waals surface area contributed by atoms with Crippen molar-refractivity contribution in [1.82, 2.24) is 0 Å². The predicted molar refractivity (Wildman–Crippen MR) is 73.6 cm³/mol. The fourth-order valence-electron chi connectivity index (χ4n) is 1.67. The Kier molecular flexibility index (Phi) is 3.89. The average Bonchev–Trinajstić information content (AvgIpc) is 2.94. The Morgan fingerprint density at radius 3 is 2.50 bits per heavy atom. The van der Waals surface area contributed by atoms with Crippen LogP contribution in [0.5, 0.6) is 0 Å². The molecule has 2 rings (SSSR count). The molecule has 1 N–H and O–H groups in total. The highest BCUT2D eigenvalue weighted by Crippen LogP contribution is 2.24. The second-order valence-electron chi connectivity index (χ2n) is 3.78. The van der Waals surface area contributed by atoms with Gasteiger partial charge in [-0.2, -0.15) is 0 Å². The molecular formula is C14H13NO2S. The number of benzene rings is 1. The van der Waals surface area contributed by atoms with Crippen molar-refractivity contribution in [2.75, 3.05) is 0 Å². The minimum Gasteiger partial charge on any atom is -0.411 e. The molecule has 0 unspecified atom stereocenters. The number of hydrogen-bond donors (Lipinski definition) is 1. The van der Waals surface area contributed by atoms with E-state index in [1.807, 2.05) is 29.6 Å². The molecule has 0 aliphatic carbocycles. The van der Waals surface area contributed by atoms with Gasteiger partial charge in [0.05, 0.1) is 0 Å². The lowest BCUT2D eigenvalue weighted by Crippen LogP contribution is -2.13. The summed E-state index contributed by atoms with van der Waals surface area (Å²) in [4.78, 5) is 13.1. The molecule has 0 bridgehead atoms. The minimum atomic E-state index is -0.224. The van der Waals surface area contributed by atoms with Gasteiger partial charge in [-0.1, -0.05) is 42.4 Å². The number of thiophene rings is 1. The standard InChI is InChI=1S/C14H13NO2S/c1-2-12(15-17)14(16)11-7-5-10(6-8-11)13-4-3-9-18-13/h3-9,17H,2H2,1H3. The van der Waals surface area contributed by atoms with E-state index >= 15 is 0 Å². The Labute approximate surface area is 109 Å². The zero-order valence-corrected chi connectivity index (χ0v) is 10.8. The summed E-state index contributed by atoms with van der Waals surface area (Å²) in [6.07, 6.45) is 0.419. The van der Waals surface area contributed by atoms with Crippen LogP contribution in [-0.2, 0) is 0 Å². The summed E-state index contributed by atoms with van der Waals surface area (Å²) in [5.41, 5.74) is 1.81. The third-order valence-electron chi connectivity index (χ3n) is 2.67. The molecular weight excluding hydrogens is 246 g/mol. The smallest absolute Gasteiger partial charge is 0.210 e. The highest BCUT2D eigenvalue weighted by Gasteiger charge is 2.12. The molecule has 3 nitrogen and oxygen atoms in total. The lowest BCUT2D eigenvalue weighted by molar-refractivity contribution is 0.106. The molecule has 0 aliphatic heterocycles. The van der Waals surface area contributed by atoms with Gasteiger partial charge in [0.15, 0.2) is 0 Å². The summed E-state index contributed by atoms with van der Waals surface area (Å²) in [7, 11) is 0. The van der Waals surface area contributed by atoms with Gasteiger partial charge in [-0.25, -0.2) is 0 Å². The Bertz CT molecular complexity index is 556. The molecule has 0 saturated carbocycles. The van der Waals surface area contributed by atoms with Crippen molar-refractivity contribution in [3.05, 3.63) is 47.3 Å². The number of Topliss-reactive ketones (excluding diaryl/α,β-unsaturated/α-hetero) is 1. The van der Waals surface area contributed by atoms with Crippen LogP contribution in [0, 0.1) is 0 Å². The number of rotatable bonds is 4. The SMILES string of the molecule is CCC(=NO)C(=O)c1ccc(-c2cccs2)cc1. The van der Waals surface area contributed by atoms with Crippen molar-refractivity contribution in [3.8, 4) is 10.4 Å². The minimum absolute atomic E-state index is 0.180. The Hall–Kier alpha value is -1.94. The topological polar surface area (TPSA) is 49.7 Å². The first-order valence-corrected chi connectivity index (χ1v) is 6.53. The maximum Gasteiger partial charge on any atom is 0.210 e. The van der Waals surface area contributed by atoms with Crippen LogP contribution < -0.4 is 0 Å². The molecule has 92 valence electrons. The largest absolute Gasteiger partial charge is 0.411 e. The van der Waals surface area contributed by atoms with Crippen molar-refractivity contribution in [1.29, 1.82) is 0 Å². The summed E-state index contributed by atoms with van der Waals surface area (Å²) in [5.74, 6) is -0.224. The van der Waals surface area contributed by atoms with Crippen molar-refractivity contribution >= 4 is 22.8 Å². The van der Waals surface area contributed by atoms with E-state index in [9.17, 15) is 4.79 Å². The fraction of sp³-hybridized carbons (Fsp3) is 0.143. The van der Waals surface area contributed by atoms with Crippen LogP contribution in [0.3, 0.4) is 0 Å². The zero-order chi connectivity index (χ0) is 13.0. The molecule has 4 heteroatoms. The molecule has 0 aliphatic rings. The summed E-state index contributed by atoms with van der Waals surface area (Å²) in [6.45, 7) is 1.78. The second-order valence-corrected chi connectivity index (χ2v) is 4.73.